The van der Waals surface area contributed by atoms with E-state index in [0.29, 0.717) is 5.56 Å². The number of nitrogens with zero attached hydrogens (tertiary/aromatic N) is 2. The van der Waals surface area contributed by atoms with Crippen molar-refractivity contribution in [1.82, 2.24) is 4.57 Å². The number of nitriles is 1. The van der Waals surface area contributed by atoms with Crippen molar-refractivity contribution in [3.63, 3.8) is 0 Å². The minimum atomic E-state index is -0.0415. The van der Waals surface area contributed by atoms with Crippen LogP contribution < -0.4 is 21.1 Å². The molecule has 2 aliphatic rings. The first-order valence-corrected chi connectivity index (χ1v) is 18.0. The molecule has 0 fully saturated rings. The lowest BCUT2D eigenvalue weighted by Gasteiger charge is -2.34. The molecular formula is C49H29BN2O. The number of aromatic nitrogens is 1. The SMILES string of the molecule is N#Cc1ccc(-c2cc3c4c(c2)-n2c5ccc(-c6ccccc6)cc5c5cc(-c6ccccc6)cc(c52)B4c2ccc(-c4ccccc4)cc2O3)cc1. The molecule has 0 amide bonds. The molecule has 0 N–H and O–H groups in total. The van der Waals surface area contributed by atoms with Crippen molar-refractivity contribution in [2.24, 2.45) is 0 Å². The molecule has 8 aromatic carbocycles. The Morgan fingerprint density at radius 2 is 1.00 bits per heavy atom. The Balaban J connectivity index is 1.25. The van der Waals surface area contributed by atoms with E-state index in [1.165, 1.54) is 49.5 Å². The van der Waals surface area contributed by atoms with Crippen LogP contribution in [-0.2, 0) is 0 Å². The smallest absolute Gasteiger partial charge is 0.256 e. The minimum absolute atomic E-state index is 0.0415. The zero-order valence-electron chi connectivity index (χ0n) is 28.6. The molecule has 0 atom stereocenters. The van der Waals surface area contributed by atoms with Gasteiger partial charge in [-0.25, -0.2) is 0 Å². The van der Waals surface area contributed by atoms with Crippen molar-refractivity contribution in [3.8, 4) is 67.8 Å². The largest absolute Gasteiger partial charge is 0.458 e. The summed E-state index contributed by atoms with van der Waals surface area (Å²) in [6.07, 6.45) is 0. The highest BCUT2D eigenvalue weighted by Crippen LogP contribution is 2.42. The summed E-state index contributed by atoms with van der Waals surface area (Å²) in [5, 5.41) is 12.0. The summed E-state index contributed by atoms with van der Waals surface area (Å²) in [5.41, 5.74) is 16.9. The van der Waals surface area contributed by atoms with E-state index in [0.717, 1.165) is 50.4 Å². The van der Waals surface area contributed by atoms with Gasteiger partial charge in [-0.1, -0.05) is 127 Å². The second kappa shape index (κ2) is 11.5. The molecule has 244 valence electrons. The molecule has 0 saturated carbocycles. The highest BCUT2D eigenvalue weighted by atomic mass is 16.5. The monoisotopic (exact) mass is 672 g/mol. The van der Waals surface area contributed by atoms with Gasteiger partial charge in [-0.2, -0.15) is 5.26 Å². The highest BCUT2D eigenvalue weighted by molar-refractivity contribution is 6.99. The number of benzene rings is 8. The van der Waals surface area contributed by atoms with Crippen LogP contribution in [0.3, 0.4) is 0 Å². The molecule has 0 bridgehead atoms. The predicted octanol–water partition coefficient (Wildman–Crippen LogP) is 10.3. The third-order valence-electron chi connectivity index (χ3n) is 11.1. The Morgan fingerprint density at radius 3 is 1.68 bits per heavy atom. The summed E-state index contributed by atoms with van der Waals surface area (Å²) in [6, 6.07) is 64.9. The summed E-state index contributed by atoms with van der Waals surface area (Å²) in [7, 11) is 0. The van der Waals surface area contributed by atoms with Gasteiger partial charge in [-0.3, -0.25) is 0 Å². The molecule has 0 radical (unpaired) electrons. The number of hydrogen-bond acceptors (Lipinski definition) is 2. The summed E-state index contributed by atoms with van der Waals surface area (Å²) in [6.45, 7) is -0.0415. The molecule has 11 rings (SSSR count). The van der Waals surface area contributed by atoms with Gasteiger partial charge in [-0.05, 0) is 109 Å². The van der Waals surface area contributed by atoms with Crippen molar-refractivity contribution >= 4 is 44.9 Å². The van der Waals surface area contributed by atoms with Crippen LogP contribution in [0.4, 0.5) is 0 Å². The van der Waals surface area contributed by atoms with Crippen LogP contribution in [-0.4, -0.2) is 11.3 Å². The maximum Gasteiger partial charge on any atom is 0.256 e. The first-order valence-electron chi connectivity index (χ1n) is 18.0. The van der Waals surface area contributed by atoms with Gasteiger partial charge >= 0.3 is 0 Å². The summed E-state index contributed by atoms with van der Waals surface area (Å²) < 4.78 is 9.49. The van der Waals surface area contributed by atoms with Crippen molar-refractivity contribution in [2.45, 2.75) is 0 Å². The maximum atomic E-state index is 9.54. The fourth-order valence-corrected chi connectivity index (χ4v) is 8.60. The van der Waals surface area contributed by atoms with Gasteiger partial charge in [0.15, 0.2) is 0 Å². The van der Waals surface area contributed by atoms with Gasteiger partial charge in [-0.15, -0.1) is 0 Å². The lowest BCUT2D eigenvalue weighted by atomic mass is 9.34. The van der Waals surface area contributed by atoms with Crippen LogP contribution in [0.15, 0.2) is 176 Å². The first-order chi connectivity index (χ1) is 26.2. The van der Waals surface area contributed by atoms with Crippen molar-refractivity contribution < 1.29 is 4.74 Å². The first kappa shape index (κ1) is 29.6. The van der Waals surface area contributed by atoms with Crippen molar-refractivity contribution in [1.29, 1.82) is 5.26 Å². The Labute approximate surface area is 307 Å². The van der Waals surface area contributed by atoms with Gasteiger partial charge in [0.2, 0.25) is 0 Å². The molecule has 53 heavy (non-hydrogen) atoms. The van der Waals surface area contributed by atoms with E-state index in [4.69, 9.17) is 4.74 Å². The molecule has 3 nitrogen and oxygen atoms in total. The number of ether oxygens (including phenoxy) is 1. The average molecular weight is 673 g/mol. The third-order valence-corrected chi connectivity index (χ3v) is 11.1. The van der Waals surface area contributed by atoms with E-state index >= 15 is 0 Å². The summed E-state index contributed by atoms with van der Waals surface area (Å²) >= 11 is 0. The van der Waals surface area contributed by atoms with Gasteiger partial charge < -0.3 is 9.30 Å². The molecule has 4 heteroatoms. The normalized spacial score (nSPS) is 12.2. The van der Waals surface area contributed by atoms with E-state index in [9.17, 15) is 5.26 Å². The van der Waals surface area contributed by atoms with Crippen LogP contribution in [0.5, 0.6) is 11.5 Å². The third kappa shape index (κ3) is 4.54. The predicted molar refractivity (Wildman–Crippen MR) is 218 cm³/mol. The maximum absolute atomic E-state index is 9.54. The van der Waals surface area contributed by atoms with Gasteiger partial charge in [0.1, 0.15) is 11.5 Å². The van der Waals surface area contributed by atoms with E-state index in [1.807, 2.05) is 24.3 Å². The number of hydrogen-bond donors (Lipinski definition) is 0. The summed E-state index contributed by atoms with van der Waals surface area (Å²) in [5.74, 6) is 1.73. The fraction of sp³-hybridized carbons (Fsp3) is 0. The lowest BCUT2D eigenvalue weighted by Crippen LogP contribution is -2.58. The molecule has 0 unspecified atom stereocenters. The lowest BCUT2D eigenvalue weighted by molar-refractivity contribution is 0.487. The van der Waals surface area contributed by atoms with Crippen LogP contribution >= 0.6 is 0 Å². The number of rotatable bonds is 4. The molecular weight excluding hydrogens is 643 g/mol. The second-order valence-corrected chi connectivity index (χ2v) is 14.0. The zero-order chi connectivity index (χ0) is 35.0. The quantitative estimate of drug-likeness (QED) is 0.175. The Morgan fingerprint density at radius 1 is 0.453 bits per heavy atom. The van der Waals surface area contributed by atoms with Crippen LogP contribution in [0.2, 0.25) is 0 Å². The molecule has 2 aliphatic heterocycles. The van der Waals surface area contributed by atoms with E-state index in [2.05, 4.69) is 162 Å². The van der Waals surface area contributed by atoms with Crippen molar-refractivity contribution in [3.05, 3.63) is 181 Å². The standard InChI is InChI=1S/C49H29BN2O/c51-30-31-16-18-35(19-17-31)39-27-45-48-47(29-39)53-46-28-37(33-12-6-2-7-13-33)20-22-42(46)50(48)43-26-38(34-14-8-3-9-15-34)25-41-40-24-36(32-10-4-1-5-11-32)21-23-44(40)52(45)49(41)43/h1-29H. The molecule has 0 spiro atoms. The van der Waals surface area contributed by atoms with E-state index < -0.39 is 0 Å². The minimum Gasteiger partial charge on any atom is -0.458 e. The Hall–Kier alpha value is -7.09. The van der Waals surface area contributed by atoms with Crippen molar-refractivity contribution in [2.75, 3.05) is 0 Å². The highest BCUT2D eigenvalue weighted by Gasteiger charge is 2.41. The second-order valence-electron chi connectivity index (χ2n) is 14.0. The van der Waals surface area contributed by atoms with E-state index in [-0.39, 0.29) is 6.71 Å². The molecule has 1 aromatic heterocycles. The van der Waals surface area contributed by atoms with E-state index in [1.54, 1.807) is 0 Å². The Kier molecular flexibility index (Phi) is 6.41. The summed E-state index contributed by atoms with van der Waals surface area (Å²) in [4.78, 5) is 0. The zero-order valence-corrected chi connectivity index (χ0v) is 28.6. The average Bonchev–Trinajstić information content (AvgIpc) is 3.56. The van der Waals surface area contributed by atoms with Gasteiger partial charge in [0.05, 0.1) is 17.1 Å². The Bertz CT molecular complexity index is 2960. The number of fused-ring (bicyclic) bond motifs is 7. The van der Waals surface area contributed by atoms with Crippen LogP contribution in [0.25, 0.3) is 72.0 Å². The van der Waals surface area contributed by atoms with Crippen LogP contribution in [0, 0.1) is 11.3 Å². The van der Waals surface area contributed by atoms with Gasteiger partial charge in [0.25, 0.3) is 6.71 Å². The molecule has 9 aromatic rings. The molecule has 0 aliphatic carbocycles. The van der Waals surface area contributed by atoms with Gasteiger partial charge in [0, 0.05) is 22.0 Å². The molecule has 0 saturated heterocycles. The fourth-order valence-electron chi connectivity index (χ4n) is 8.60. The van der Waals surface area contributed by atoms with Crippen LogP contribution in [0.1, 0.15) is 5.56 Å². The molecule has 3 heterocycles. The topological polar surface area (TPSA) is 38.0 Å².